The van der Waals surface area contributed by atoms with Gasteiger partial charge in [0.15, 0.2) is 0 Å². The molecule has 118 valence electrons. The van der Waals surface area contributed by atoms with Crippen molar-refractivity contribution >= 4 is 18.3 Å². The number of hydrogen-bond donors (Lipinski definition) is 2. The van der Waals surface area contributed by atoms with Gasteiger partial charge in [-0.25, -0.2) is 0 Å². The maximum absolute atomic E-state index is 12.0. The quantitative estimate of drug-likeness (QED) is 0.852. The standard InChI is InChI=1S/C15H23N3O2.ClH/c1-12-9-16-7-8-18(12)11-15(19)17-10-13-3-5-14(20-2)6-4-13;/h3-6,12,16H,7-11H2,1-2H3,(H,17,19);1H/t12-;/m1./s1. The van der Waals surface area contributed by atoms with E-state index in [-0.39, 0.29) is 18.3 Å². The highest BCUT2D eigenvalue weighted by Crippen LogP contribution is 2.11. The SMILES string of the molecule is COc1ccc(CNC(=O)CN2CCNC[C@H]2C)cc1.Cl. The fraction of sp³-hybridized carbons (Fsp3) is 0.533. The van der Waals surface area contributed by atoms with Crippen molar-refractivity contribution in [3.05, 3.63) is 29.8 Å². The minimum Gasteiger partial charge on any atom is -0.497 e. The number of rotatable bonds is 5. The number of halogens is 1. The number of ether oxygens (including phenoxy) is 1. The number of nitrogens with one attached hydrogen (secondary N) is 2. The molecule has 0 unspecified atom stereocenters. The average molecular weight is 314 g/mol. The zero-order valence-electron chi connectivity index (χ0n) is 12.6. The van der Waals surface area contributed by atoms with Crippen LogP contribution < -0.4 is 15.4 Å². The third-order valence-corrected chi connectivity index (χ3v) is 3.63. The van der Waals surface area contributed by atoms with Crippen molar-refractivity contribution in [1.29, 1.82) is 0 Å². The van der Waals surface area contributed by atoms with Gasteiger partial charge in [-0.05, 0) is 24.6 Å². The molecular weight excluding hydrogens is 290 g/mol. The molecule has 1 aromatic rings. The van der Waals surface area contributed by atoms with Crippen LogP contribution in [0.3, 0.4) is 0 Å². The summed E-state index contributed by atoms with van der Waals surface area (Å²) in [6.45, 7) is 6.00. The Hall–Kier alpha value is -1.30. The summed E-state index contributed by atoms with van der Waals surface area (Å²) in [7, 11) is 1.64. The van der Waals surface area contributed by atoms with E-state index >= 15 is 0 Å². The monoisotopic (exact) mass is 313 g/mol. The molecule has 0 radical (unpaired) electrons. The van der Waals surface area contributed by atoms with E-state index in [9.17, 15) is 4.79 Å². The van der Waals surface area contributed by atoms with Crippen LogP contribution >= 0.6 is 12.4 Å². The molecule has 0 aliphatic carbocycles. The van der Waals surface area contributed by atoms with E-state index in [4.69, 9.17) is 4.74 Å². The number of nitrogens with zero attached hydrogens (tertiary/aromatic N) is 1. The van der Waals surface area contributed by atoms with Crippen molar-refractivity contribution in [3.63, 3.8) is 0 Å². The number of carbonyl (C=O) groups is 1. The highest BCUT2D eigenvalue weighted by atomic mass is 35.5. The van der Waals surface area contributed by atoms with Gasteiger partial charge in [0, 0.05) is 32.2 Å². The number of methoxy groups -OCH3 is 1. The minimum absolute atomic E-state index is 0. The fourth-order valence-electron chi connectivity index (χ4n) is 2.30. The molecule has 6 heteroatoms. The van der Waals surface area contributed by atoms with Crippen LogP contribution in [-0.2, 0) is 11.3 Å². The second-order valence-corrected chi connectivity index (χ2v) is 5.15. The van der Waals surface area contributed by atoms with Gasteiger partial charge in [-0.2, -0.15) is 0 Å². The van der Waals surface area contributed by atoms with E-state index in [1.807, 2.05) is 24.3 Å². The van der Waals surface area contributed by atoms with Crippen molar-refractivity contribution in [3.8, 4) is 5.75 Å². The van der Waals surface area contributed by atoms with Crippen LogP contribution in [0.4, 0.5) is 0 Å². The molecule has 0 aromatic heterocycles. The van der Waals surface area contributed by atoms with Gasteiger partial charge in [-0.15, -0.1) is 12.4 Å². The Bertz CT molecular complexity index is 439. The molecule has 5 nitrogen and oxygen atoms in total. The highest BCUT2D eigenvalue weighted by molar-refractivity contribution is 5.85. The fourth-order valence-corrected chi connectivity index (χ4v) is 2.30. The van der Waals surface area contributed by atoms with Gasteiger partial charge in [-0.3, -0.25) is 9.69 Å². The van der Waals surface area contributed by atoms with Gasteiger partial charge < -0.3 is 15.4 Å². The Morgan fingerprint density at radius 2 is 2.14 bits per heavy atom. The summed E-state index contributed by atoms with van der Waals surface area (Å²) < 4.78 is 5.11. The highest BCUT2D eigenvalue weighted by Gasteiger charge is 2.19. The van der Waals surface area contributed by atoms with E-state index in [1.165, 1.54) is 0 Å². The first kappa shape index (κ1) is 17.8. The Morgan fingerprint density at radius 1 is 1.43 bits per heavy atom. The summed E-state index contributed by atoms with van der Waals surface area (Å²) in [6, 6.07) is 8.15. The Morgan fingerprint density at radius 3 is 2.76 bits per heavy atom. The third-order valence-electron chi connectivity index (χ3n) is 3.63. The summed E-state index contributed by atoms with van der Waals surface area (Å²) >= 11 is 0. The summed E-state index contributed by atoms with van der Waals surface area (Å²) in [5.41, 5.74) is 1.08. The van der Waals surface area contributed by atoms with E-state index in [0.29, 0.717) is 19.1 Å². The second-order valence-electron chi connectivity index (χ2n) is 5.15. The number of amides is 1. The molecule has 1 heterocycles. The van der Waals surface area contributed by atoms with Gasteiger partial charge in [-0.1, -0.05) is 12.1 Å². The molecule has 1 amide bonds. The van der Waals surface area contributed by atoms with Crippen molar-refractivity contribution < 1.29 is 9.53 Å². The summed E-state index contributed by atoms with van der Waals surface area (Å²) in [5, 5.41) is 6.28. The van der Waals surface area contributed by atoms with E-state index in [0.717, 1.165) is 30.9 Å². The van der Waals surface area contributed by atoms with E-state index < -0.39 is 0 Å². The van der Waals surface area contributed by atoms with Crippen molar-refractivity contribution in [2.75, 3.05) is 33.3 Å². The normalized spacial score (nSPS) is 18.7. The van der Waals surface area contributed by atoms with Crippen LogP contribution in [-0.4, -0.2) is 50.1 Å². The average Bonchev–Trinajstić information content (AvgIpc) is 2.48. The molecule has 2 rings (SSSR count). The van der Waals surface area contributed by atoms with Crippen molar-refractivity contribution in [1.82, 2.24) is 15.5 Å². The topological polar surface area (TPSA) is 53.6 Å². The lowest BCUT2D eigenvalue weighted by molar-refractivity contribution is -0.123. The lowest BCUT2D eigenvalue weighted by Crippen LogP contribution is -2.52. The maximum Gasteiger partial charge on any atom is 0.234 e. The third kappa shape index (κ3) is 5.53. The minimum atomic E-state index is 0. The number of carbonyl (C=O) groups excluding carboxylic acids is 1. The van der Waals surface area contributed by atoms with Crippen LogP contribution in [0.5, 0.6) is 5.75 Å². The van der Waals surface area contributed by atoms with Gasteiger partial charge in [0.05, 0.1) is 13.7 Å². The number of piperazine rings is 1. The lowest BCUT2D eigenvalue weighted by Gasteiger charge is -2.33. The first-order valence-corrected chi connectivity index (χ1v) is 7.03. The number of benzene rings is 1. The molecule has 1 atom stereocenters. The molecule has 0 spiro atoms. The molecule has 0 bridgehead atoms. The predicted octanol–water partition coefficient (Wildman–Crippen LogP) is 1.03. The van der Waals surface area contributed by atoms with E-state index in [1.54, 1.807) is 7.11 Å². The first-order chi connectivity index (χ1) is 9.69. The summed E-state index contributed by atoms with van der Waals surface area (Å²) in [4.78, 5) is 14.2. The van der Waals surface area contributed by atoms with Crippen LogP contribution in [0, 0.1) is 0 Å². The summed E-state index contributed by atoms with van der Waals surface area (Å²) in [5.74, 6) is 0.907. The predicted molar refractivity (Wildman–Crippen MR) is 86.0 cm³/mol. The van der Waals surface area contributed by atoms with Gasteiger partial charge in [0.25, 0.3) is 0 Å². The first-order valence-electron chi connectivity index (χ1n) is 7.03. The van der Waals surface area contributed by atoms with E-state index in [2.05, 4.69) is 22.5 Å². The molecule has 1 fully saturated rings. The Kier molecular flexibility index (Phi) is 7.50. The van der Waals surface area contributed by atoms with Crippen LogP contribution in [0.25, 0.3) is 0 Å². The Balaban J connectivity index is 0.00000220. The molecule has 2 N–H and O–H groups in total. The number of hydrogen-bond acceptors (Lipinski definition) is 4. The van der Waals surface area contributed by atoms with Crippen molar-refractivity contribution in [2.45, 2.75) is 19.5 Å². The molecule has 1 saturated heterocycles. The molecule has 1 aromatic carbocycles. The summed E-state index contributed by atoms with van der Waals surface area (Å²) in [6.07, 6.45) is 0. The lowest BCUT2D eigenvalue weighted by atomic mass is 10.2. The molecule has 0 saturated carbocycles. The van der Waals surface area contributed by atoms with Crippen LogP contribution in [0.2, 0.25) is 0 Å². The van der Waals surface area contributed by atoms with Gasteiger partial charge >= 0.3 is 0 Å². The smallest absolute Gasteiger partial charge is 0.234 e. The van der Waals surface area contributed by atoms with Crippen LogP contribution in [0.1, 0.15) is 12.5 Å². The van der Waals surface area contributed by atoms with Gasteiger partial charge in [0.2, 0.25) is 5.91 Å². The largest absolute Gasteiger partial charge is 0.497 e. The van der Waals surface area contributed by atoms with Gasteiger partial charge in [0.1, 0.15) is 5.75 Å². The second kappa shape index (κ2) is 8.87. The van der Waals surface area contributed by atoms with Crippen LogP contribution in [0.15, 0.2) is 24.3 Å². The zero-order valence-corrected chi connectivity index (χ0v) is 13.4. The maximum atomic E-state index is 12.0. The Labute approximate surface area is 132 Å². The molecule has 21 heavy (non-hydrogen) atoms. The molecule has 1 aliphatic heterocycles. The molecular formula is C15H24ClN3O2. The van der Waals surface area contributed by atoms with Crippen molar-refractivity contribution in [2.24, 2.45) is 0 Å². The zero-order chi connectivity index (χ0) is 14.4. The molecule has 1 aliphatic rings.